The summed E-state index contributed by atoms with van der Waals surface area (Å²) in [6.45, 7) is 6.07. The molecule has 0 atom stereocenters. The first-order valence-electron chi connectivity index (χ1n) is 7.43. The van der Waals surface area contributed by atoms with Gasteiger partial charge in [-0.1, -0.05) is 18.7 Å². The van der Waals surface area contributed by atoms with Crippen LogP contribution in [0.15, 0.2) is 52.4 Å². The molecule has 2 rings (SSSR count). The third kappa shape index (κ3) is 4.22. The van der Waals surface area contributed by atoms with Gasteiger partial charge in [-0.05, 0) is 36.9 Å². The van der Waals surface area contributed by atoms with Gasteiger partial charge in [0.05, 0.1) is 12.9 Å². The topological polar surface area (TPSA) is 48.7 Å². The standard InChI is InChI=1S/C18H19FO4/c1-3-10-21-11-6-5-7-14-12-13-8-9-15(22-4-2)17(19)16(13)18(20)23-14/h3,6,8-9,11-12H,1,4-5,7,10H2,2H3/b11-6+. The molecule has 0 N–H and O–H groups in total. The van der Waals surface area contributed by atoms with Crippen LogP contribution in [0.25, 0.3) is 10.8 Å². The molecule has 0 aliphatic rings. The summed E-state index contributed by atoms with van der Waals surface area (Å²) in [5, 5.41) is 0.425. The summed E-state index contributed by atoms with van der Waals surface area (Å²) in [7, 11) is 0. The molecule has 1 aromatic carbocycles. The molecular formula is C18H19FO4. The summed E-state index contributed by atoms with van der Waals surface area (Å²) in [6.07, 6.45) is 6.22. The van der Waals surface area contributed by atoms with Gasteiger partial charge in [0, 0.05) is 6.42 Å². The highest BCUT2D eigenvalue weighted by Crippen LogP contribution is 2.25. The quantitative estimate of drug-likeness (QED) is 0.420. The van der Waals surface area contributed by atoms with E-state index in [1.165, 1.54) is 6.07 Å². The van der Waals surface area contributed by atoms with Gasteiger partial charge in [-0.15, -0.1) is 0 Å². The first-order chi connectivity index (χ1) is 11.2. The van der Waals surface area contributed by atoms with Crippen molar-refractivity contribution in [3.63, 3.8) is 0 Å². The Bertz CT molecular complexity index is 761. The third-order valence-electron chi connectivity index (χ3n) is 3.15. The Morgan fingerprint density at radius 2 is 2.22 bits per heavy atom. The number of rotatable bonds is 8. The maximum Gasteiger partial charge on any atom is 0.346 e. The van der Waals surface area contributed by atoms with E-state index in [4.69, 9.17) is 13.9 Å². The number of hydrogen-bond donors (Lipinski definition) is 0. The molecule has 0 saturated carbocycles. The zero-order valence-corrected chi connectivity index (χ0v) is 13.0. The van der Waals surface area contributed by atoms with E-state index in [1.807, 2.05) is 6.08 Å². The van der Waals surface area contributed by atoms with Crippen molar-refractivity contribution in [2.24, 2.45) is 0 Å². The van der Waals surface area contributed by atoms with Crippen molar-refractivity contribution in [3.8, 4) is 5.75 Å². The minimum Gasteiger partial charge on any atom is -0.497 e. The van der Waals surface area contributed by atoms with Crippen LogP contribution in [-0.2, 0) is 11.2 Å². The Labute approximate surface area is 133 Å². The van der Waals surface area contributed by atoms with E-state index >= 15 is 0 Å². The normalized spacial score (nSPS) is 11.0. The van der Waals surface area contributed by atoms with Crippen LogP contribution in [-0.4, -0.2) is 13.2 Å². The van der Waals surface area contributed by atoms with Crippen LogP contribution >= 0.6 is 0 Å². The summed E-state index contributed by atoms with van der Waals surface area (Å²) in [5.74, 6) is -0.121. The molecule has 23 heavy (non-hydrogen) atoms. The number of benzene rings is 1. The third-order valence-corrected chi connectivity index (χ3v) is 3.15. The van der Waals surface area contributed by atoms with E-state index in [9.17, 15) is 9.18 Å². The van der Waals surface area contributed by atoms with Crippen LogP contribution in [0.3, 0.4) is 0 Å². The van der Waals surface area contributed by atoms with Crippen molar-refractivity contribution >= 4 is 10.8 Å². The fourth-order valence-electron chi connectivity index (χ4n) is 2.15. The first-order valence-corrected chi connectivity index (χ1v) is 7.43. The Balaban J connectivity index is 2.18. The molecule has 0 saturated heterocycles. The van der Waals surface area contributed by atoms with E-state index in [0.717, 1.165) is 0 Å². The van der Waals surface area contributed by atoms with Crippen LogP contribution < -0.4 is 10.4 Å². The molecule has 0 aliphatic heterocycles. The predicted octanol–water partition coefficient (Wildman–Crippen LogP) is 3.98. The van der Waals surface area contributed by atoms with Crippen LogP contribution in [0.4, 0.5) is 4.39 Å². The molecule has 122 valence electrons. The molecule has 4 nitrogen and oxygen atoms in total. The van der Waals surface area contributed by atoms with Crippen molar-refractivity contribution in [1.29, 1.82) is 0 Å². The van der Waals surface area contributed by atoms with Gasteiger partial charge in [0.25, 0.3) is 0 Å². The Morgan fingerprint density at radius 3 is 2.96 bits per heavy atom. The smallest absolute Gasteiger partial charge is 0.346 e. The molecule has 0 bridgehead atoms. The van der Waals surface area contributed by atoms with Gasteiger partial charge in [0.15, 0.2) is 11.6 Å². The molecule has 1 heterocycles. The van der Waals surface area contributed by atoms with Crippen molar-refractivity contribution in [2.45, 2.75) is 19.8 Å². The van der Waals surface area contributed by atoms with Gasteiger partial charge in [-0.25, -0.2) is 9.18 Å². The molecule has 2 aromatic rings. The second-order valence-corrected chi connectivity index (χ2v) is 4.81. The van der Waals surface area contributed by atoms with Gasteiger partial charge < -0.3 is 13.9 Å². The Kier molecular flexibility index (Phi) is 5.97. The van der Waals surface area contributed by atoms with Crippen LogP contribution in [0.2, 0.25) is 0 Å². The first kappa shape index (κ1) is 16.8. The lowest BCUT2D eigenvalue weighted by Gasteiger charge is -2.07. The molecule has 5 heteroatoms. The number of halogens is 1. The minimum atomic E-state index is -0.691. The van der Waals surface area contributed by atoms with Crippen molar-refractivity contribution < 1.29 is 18.3 Å². The lowest BCUT2D eigenvalue weighted by Crippen LogP contribution is -2.06. The SMILES string of the molecule is C=CCO/C=C/CCc1cc2ccc(OCC)c(F)c2c(=O)o1. The molecule has 0 radical (unpaired) electrons. The number of ether oxygens (including phenoxy) is 2. The number of hydrogen-bond acceptors (Lipinski definition) is 4. The number of aryl methyl sites for hydroxylation is 1. The van der Waals surface area contributed by atoms with E-state index in [2.05, 4.69) is 6.58 Å². The number of fused-ring (bicyclic) bond motifs is 1. The van der Waals surface area contributed by atoms with Gasteiger partial charge in [-0.3, -0.25) is 0 Å². The Hall–Kier alpha value is -2.56. The summed E-state index contributed by atoms with van der Waals surface area (Å²) in [5.41, 5.74) is -0.691. The van der Waals surface area contributed by atoms with Gasteiger partial charge in [-0.2, -0.15) is 0 Å². The zero-order chi connectivity index (χ0) is 16.7. The maximum absolute atomic E-state index is 14.3. The summed E-state index contributed by atoms with van der Waals surface area (Å²) >= 11 is 0. The zero-order valence-electron chi connectivity index (χ0n) is 13.0. The molecule has 0 fully saturated rings. The van der Waals surface area contributed by atoms with Crippen molar-refractivity contribution in [1.82, 2.24) is 0 Å². The number of allylic oxidation sites excluding steroid dienone is 1. The van der Waals surface area contributed by atoms with Crippen LogP contribution in [0.5, 0.6) is 5.75 Å². The fourth-order valence-corrected chi connectivity index (χ4v) is 2.15. The average molecular weight is 318 g/mol. The molecule has 0 aliphatic carbocycles. The summed E-state index contributed by atoms with van der Waals surface area (Å²) < 4.78 is 29.7. The second kappa shape index (κ2) is 8.17. The molecule has 1 aromatic heterocycles. The molecule has 0 unspecified atom stereocenters. The minimum absolute atomic E-state index is 0.0577. The second-order valence-electron chi connectivity index (χ2n) is 4.81. The fraction of sp³-hybridized carbons (Fsp3) is 0.278. The largest absolute Gasteiger partial charge is 0.497 e. The molecule has 0 amide bonds. The van der Waals surface area contributed by atoms with Gasteiger partial charge >= 0.3 is 5.63 Å². The van der Waals surface area contributed by atoms with E-state index in [-0.39, 0.29) is 11.1 Å². The van der Waals surface area contributed by atoms with Crippen LogP contribution in [0, 0.1) is 5.82 Å². The Morgan fingerprint density at radius 1 is 1.39 bits per heavy atom. The summed E-state index contributed by atoms with van der Waals surface area (Å²) in [6, 6.07) is 4.86. The monoisotopic (exact) mass is 318 g/mol. The van der Waals surface area contributed by atoms with E-state index in [0.29, 0.717) is 37.2 Å². The van der Waals surface area contributed by atoms with E-state index < -0.39 is 11.4 Å². The van der Waals surface area contributed by atoms with Gasteiger partial charge in [0.1, 0.15) is 17.8 Å². The van der Waals surface area contributed by atoms with Crippen molar-refractivity contribution in [2.75, 3.05) is 13.2 Å². The lowest BCUT2D eigenvalue weighted by molar-refractivity contribution is 0.288. The highest BCUT2D eigenvalue weighted by molar-refractivity contribution is 5.83. The predicted molar refractivity (Wildman–Crippen MR) is 87.2 cm³/mol. The molecular weight excluding hydrogens is 299 g/mol. The van der Waals surface area contributed by atoms with E-state index in [1.54, 1.807) is 31.4 Å². The average Bonchev–Trinajstić information content (AvgIpc) is 2.53. The lowest BCUT2D eigenvalue weighted by atomic mass is 10.1. The van der Waals surface area contributed by atoms with Gasteiger partial charge in [0.2, 0.25) is 0 Å². The highest BCUT2D eigenvalue weighted by atomic mass is 19.1. The van der Waals surface area contributed by atoms with Crippen LogP contribution in [0.1, 0.15) is 19.1 Å². The summed E-state index contributed by atoms with van der Waals surface area (Å²) in [4.78, 5) is 12.0. The maximum atomic E-state index is 14.3. The molecule has 0 spiro atoms. The highest BCUT2D eigenvalue weighted by Gasteiger charge is 2.14. The van der Waals surface area contributed by atoms with Crippen molar-refractivity contribution in [3.05, 3.63) is 65.2 Å².